The van der Waals surface area contributed by atoms with Gasteiger partial charge in [0, 0.05) is 8.95 Å². The number of fused-ring (bicyclic) bond motifs is 2. The van der Waals surface area contributed by atoms with Crippen molar-refractivity contribution in [3.05, 3.63) is 66.6 Å². The summed E-state index contributed by atoms with van der Waals surface area (Å²) >= 11 is 9.57. The van der Waals surface area contributed by atoms with Crippen molar-refractivity contribution in [2.45, 2.75) is 41.5 Å². The van der Waals surface area contributed by atoms with Crippen molar-refractivity contribution in [2.75, 3.05) is 11.5 Å². The van der Waals surface area contributed by atoms with Gasteiger partial charge in [0.25, 0.3) is 0 Å². The van der Waals surface area contributed by atoms with E-state index in [1.165, 1.54) is 56.8 Å². The summed E-state index contributed by atoms with van der Waals surface area (Å²) < 4.78 is 18.9. The fraction of sp³-hybridized carbons (Fsp3) is 0.250. The molecule has 0 saturated carbocycles. The Balaban J connectivity index is 0.000000144. The molecule has 3 aromatic carbocycles. The van der Waals surface area contributed by atoms with Crippen LogP contribution in [0.2, 0.25) is 0 Å². The fourth-order valence-corrected chi connectivity index (χ4v) is 5.51. The van der Waals surface area contributed by atoms with Gasteiger partial charge in [0.15, 0.2) is 0 Å². The molecule has 0 saturated heterocycles. The number of aromatic nitrogens is 4. The molecule has 0 aliphatic carbocycles. The van der Waals surface area contributed by atoms with E-state index in [2.05, 4.69) is 89.2 Å². The van der Waals surface area contributed by atoms with E-state index in [0.29, 0.717) is 11.4 Å². The number of hydrogen-bond donors (Lipinski definition) is 2. The van der Waals surface area contributed by atoms with Crippen LogP contribution in [0.15, 0.2) is 33.2 Å². The first kappa shape index (κ1) is 26.5. The molecule has 10 heteroatoms. The lowest BCUT2D eigenvalue weighted by Crippen LogP contribution is -1.96. The molecule has 0 aliphatic heterocycles. The SMILES string of the molecule is Cc1c(C)c(Br)c2nsnc2c1Br.Cc1cc(N)c(N)cc1C.Cc1cc2nsnc2cc1C. The minimum Gasteiger partial charge on any atom is -0.397 e. The molecular weight excluding hydrogens is 596 g/mol. The van der Waals surface area contributed by atoms with E-state index in [9.17, 15) is 0 Å². The van der Waals surface area contributed by atoms with Crippen molar-refractivity contribution in [3.8, 4) is 0 Å². The Morgan fingerprint density at radius 1 is 0.559 bits per heavy atom. The van der Waals surface area contributed by atoms with Crippen LogP contribution in [0.4, 0.5) is 11.4 Å². The lowest BCUT2D eigenvalue weighted by molar-refractivity contribution is 1.31. The first-order valence-electron chi connectivity index (χ1n) is 10.4. The lowest BCUT2D eigenvalue weighted by atomic mass is 10.1. The van der Waals surface area contributed by atoms with Gasteiger partial charge in [-0.25, -0.2) is 0 Å². The number of nitrogens with two attached hydrogens (primary N) is 2. The minimum atomic E-state index is 0.670. The molecule has 0 atom stereocenters. The first-order chi connectivity index (χ1) is 16.0. The van der Waals surface area contributed by atoms with Gasteiger partial charge in [-0.15, -0.1) is 0 Å². The molecular formula is C24H26Br2N6S2. The van der Waals surface area contributed by atoms with Crippen molar-refractivity contribution >= 4 is 88.8 Å². The summed E-state index contributed by atoms with van der Waals surface area (Å²) in [5.74, 6) is 0. The van der Waals surface area contributed by atoms with E-state index in [1.807, 2.05) is 26.0 Å². The quantitative estimate of drug-likeness (QED) is 0.172. The molecule has 2 aromatic heterocycles. The van der Waals surface area contributed by atoms with E-state index >= 15 is 0 Å². The maximum absolute atomic E-state index is 5.56. The van der Waals surface area contributed by atoms with Crippen LogP contribution in [0.1, 0.15) is 33.4 Å². The lowest BCUT2D eigenvalue weighted by Gasteiger charge is -2.05. The van der Waals surface area contributed by atoms with Crippen LogP contribution in [-0.2, 0) is 0 Å². The standard InChI is InChI=1S/C8H6Br2N2S.C8H8N2S.C8H12N2/c1-3-4(2)6(10)8-7(5(3)9)11-13-12-8;1-5-3-7-8(4-6(5)2)10-11-9-7;1-5-3-7(9)8(10)4-6(5)2/h1-2H3;3-4H,1-2H3;3-4H,9-10H2,1-2H3. The molecule has 178 valence electrons. The van der Waals surface area contributed by atoms with E-state index in [4.69, 9.17) is 11.5 Å². The largest absolute Gasteiger partial charge is 0.397 e. The van der Waals surface area contributed by atoms with E-state index in [1.54, 1.807) is 0 Å². The highest BCUT2D eigenvalue weighted by atomic mass is 79.9. The normalized spacial score (nSPS) is 10.6. The van der Waals surface area contributed by atoms with Gasteiger partial charge >= 0.3 is 0 Å². The van der Waals surface area contributed by atoms with Gasteiger partial charge < -0.3 is 11.5 Å². The molecule has 0 bridgehead atoms. The number of hydrogen-bond acceptors (Lipinski definition) is 8. The predicted octanol–water partition coefficient (Wildman–Crippen LogP) is 7.61. The topological polar surface area (TPSA) is 104 Å². The number of benzene rings is 3. The Kier molecular flexibility index (Phi) is 8.62. The Morgan fingerprint density at radius 3 is 1.26 bits per heavy atom. The van der Waals surface area contributed by atoms with Gasteiger partial charge in [0.2, 0.25) is 0 Å². The van der Waals surface area contributed by atoms with Crippen LogP contribution in [0, 0.1) is 41.5 Å². The highest BCUT2D eigenvalue weighted by molar-refractivity contribution is 9.11. The van der Waals surface area contributed by atoms with Crippen molar-refractivity contribution in [1.29, 1.82) is 0 Å². The number of nitrogens with zero attached hydrogens (tertiary/aromatic N) is 4. The molecule has 4 N–H and O–H groups in total. The molecule has 0 unspecified atom stereocenters. The number of halogens is 2. The molecule has 34 heavy (non-hydrogen) atoms. The van der Waals surface area contributed by atoms with Gasteiger partial charge in [-0.05, 0) is 131 Å². The Labute approximate surface area is 224 Å². The second-order valence-corrected chi connectivity index (χ2v) is 10.7. The number of rotatable bonds is 0. The van der Waals surface area contributed by atoms with E-state index in [0.717, 1.165) is 31.0 Å². The Bertz CT molecular complexity index is 1350. The third kappa shape index (κ3) is 5.73. The number of anilines is 2. The maximum atomic E-state index is 5.56. The van der Waals surface area contributed by atoms with Gasteiger partial charge in [0.1, 0.15) is 22.1 Å². The van der Waals surface area contributed by atoms with Gasteiger partial charge in [-0.1, -0.05) is 0 Å². The maximum Gasteiger partial charge on any atom is 0.120 e. The zero-order valence-corrected chi connectivity index (χ0v) is 24.6. The zero-order valence-electron chi connectivity index (χ0n) is 19.8. The fourth-order valence-electron chi connectivity index (χ4n) is 3.06. The van der Waals surface area contributed by atoms with Crippen LogP contribution in [0.5, 0.6) is 0 Å². The summed E-state index contributed by atoms with van der Waals surface area (Å²) in [6.45, 7) is 12.4. The Morgan fingerprint density at radius 2 is 0.882 bits per heavy atom. The van der Waals surface area contributed by atoms with Gasteiger partial charge in [0.05, 0.1) is 34.8 Å². The van der Waals surface area contributed by atoms with Crippen molar-refractivity contribution in [2.24, 2.45) is 0 Å². The third-order valence-electron chi connectivity index (χ3n) is 5.69. The summed E-state index contributed by atoms with van der Waals surface area (Å²) in [6.07, 6.45) is 0. The molecule has 0 fully saturated rings. The molecule has 0 amide bonds. The van der Waals surface area contributed by atoms with Crippen molar-refractivity contribution in [3.63, 3.8) is 0 Å². The average Bonchev–Trinajstić information content (AvgIpc) is 3.46. The average molecular weight is 622 g/mol. The second kappa shape index (κ2) is 11.1. The van der Waals surface area contributed by atoms with Gasteiger partial charge in [-0.2, -0.15) is 17.5 Å². The van der Waals surface area contributed by atoms with Gasteiger partial charge in [-0.3, -0.25) is 0 Å². The summed E-state index contributed by atoms with van der Waals surface area (Å²) in [7, 11) is 0. The summed E-state index contributed by atoms with van der Waals surface area (Å²) in [5.41, 5.74) is 23.7. The van der Waals surface area contributed by atoms with Crippen molar-refractivity contribution in [1.82, 2.24) is 17.5 Å². The van der Waals surface area contributed by atoms with Crippen LogP contribution in [0.25, 0.3) is 22.1 Å². The third-order valence-corrected chi connectivity index (χ3v) is 8.72. The number of nitrogen functional groups attached to an aromatic ring is 2. The Hall–Kier alpha value is -2.14. The van der Waals surface area contributed by atoms with Crippen LogP contribution in [0.3, 0.4) is 0 Å². The smallest absolute Gasteiger partial charge is 0.120 e. The molecule has 0 radical (unpaired) electrons. The van der Waals surface area contributed by atoms with E-state index in [-0.39, 0.29) is 0 Å². The second-order valence-electron chi connectivity index (χ2n) is 8.09. The molecule has 0 spiro atoms. The summed E-state index contributed by atoms with van der Waals surface area (Å²) in [4.78, 5) is 0. The van der Waals surface area contributed by atoms with Crippen LogP contribution in [-0.4, -0.2) is 17.5 Å². The molecule has 0 aliphatic rings. The zero-order chi connectivity index (χ0) is 25.2. The molecule has 5 aromatic rings. The molecule has 2 heterocycles. The van der Waals surface area contributed by atoms with Crippen LogP contribution < -0.4 is 11.5 Å². The monoisotopic (exact) mass is 620 g/mol. The predicted molar refractivity (Wildman–Crippen MR) is 154 cm³/mol. The first-order valence-corrected chi connectivity index (χ1v) is 13.4. The summed E-state index contributed by atoms with van der Waals surface area (Å²) in [6, 6.07) is 7.94. The summed E-state index contributed by atoms with van der Waals surface area (Å²) in [5, 5.41) is 0. The van der Waals surface area contributed by atoms with Crippen LogP contribution >= 0.6 is 55.3 Å². The minimum absolute atomic E-state index is 0.670. The highest BCUT2D eigenvalue weighted by Gasteiger charge is 2.13. The molecule has 6 nitrogen and oxygen atoms in total. The highest BCUT2D eigenvalue weighted by Crippen LogP contribution is 2.35. The van der Waals surface area contributed by atoms with E-state index < -0.39 is 0 Å². The van der Waals surface area contributed by atoms with Crippen molar-refractivity contribution < 1.29 is 0 Å². The molecule has 5 rings (SSSR count). The number of aryl methyl sites for hydroxylation is 4.